The van der Waals surface area contributed by atoms with Crippen molar-refractivity contribution >= 4 is 30.1 Å². The Morgan fingerprint density at radius 3 is 1.73 bits per heavy atom. The zero-order valence-electron chi connectivity index (χ0n) is 19.1. The van der Waals surface area contributed by atoms with E-state index in [1.807, 2.05) is 0 Å². The predicted octanol–water partition coefficient (Wildman–Crippen LogP) is 1.03. The first-order valence-corrected chi connectivity index (χ1v) is 10.8. The number of aliphatic carboxylic acids is 1. The zero-order valence-corrected chi connectivity index (χ0v) is 19.1. The van der Waals surface area contributed by atoms with Crippen molar-refractivity contribution < 1.29 is 59.6 Å². The highest BCUT2D eigenvalue weighted by Crippen LogP contribution is 2.33. The molecule has 0 bridgehead atoms. The molecule has 1 aliphatic rings. The van der Waals surface area contributed by atoms with Crippen LogP contribution < -0.4 is 0 Å². The first kappa shape index (κ1) is 27.0. The van der Waals surface area contributed by atoms with Crippen molar-refractivity contribution in [3.63, 3.8) is 0 Å². The van der Waals surface area contributed by atoms with E-state index in [4.69, 9.17) is 9.47 Å². The molecule has 12 heteroatoms. The van der Waals surface area contributed by atoms with E-state index in [0.29, 0.717) is 11.1 Å². The smallest absolute Gasteiger partial charge is 0.335 e. The maximum atomic E-state index is 12.4. The topological polar surface area (TPSA) is 211 Å². The molecule has 1 fully saturated rings. The molecule has 37 heavy (non-hydrogen) atoms. The minimum atomic E-state index is -2.46. The predicted molar refractivity (Wildman–Crippen MR) is 125 cm³/mol. The largest absolute Gasteiger partial charge is 0.504 e. The Morgan fingerprint density at radius 1 is 0.784 bits per heavy atom. The maximum Gasteiger partial charge on any atom is 0.335 e. The number of carbonyl (C=O) groups excluding carboxylic acids is 2. The van der Waals surface area contributed by atoms with Crippen LogP contribution in [0.1, 0.15) is 24.0 Å². The fourth-order valence-corrected chi connectivity index (χ4v) is 3.66. The van der Waals surface area contributed by atoms with Crippen molar-refractivity contribution in [3.05, 3.63) is 59.7 Å². The van der Waals surface area contributed by atoms with Gasteiger partial charge in [0.15, 0.2) is 34.7 Å². The molecular formula is C25H24O12. The van der Waals surface area contributed by atoms with Crippen LogP contribution in [0.25, 0.3) is 12.2 Å². The number of hydrogen-bond donors (Lipinski definition) is 7. The molecule has 1 aliphatic carbocycles. The van der Waals surface area contributed by atoms with E-state index in [2.05, 4.69) is 0 Å². The van der Waals surface area contributed by atoms with Crippen molar-refractivity contribution in [2.75, 3.05) is 0 Å². The number of hydrogen-bond acceptors (Lipinski definition) is 11. The fourth-order valence-electron chi connectivity index (χ4n) is 3.66. The molecule has 2 aromatic carbocycles. The van der Waals surface area contributed by atoms with E-state index in [0.717, 1.165) is 18.2 Å². The summed E-state index contributed by atoms with van der Waals surface area (Å²) in [6, 6.07) is 7.50. The first-order valence-electron chi connectivity index (χ1n) is 10.8. The standard InChI is InChI=1S/C25H24O12/c26-15-5-1-13(9-17(15)28)3-7-21(31)36-20-12-25(35,24(33)34)11-19(30)23(20)37-22(32)8-4-14-2-6-16(27)18(29)10-14/h1-10,19-20,23,26-30,35H,11-12H2,(H,33,34)/b7-3+,8-4+/t19-,20+,23-,25-/m1/s1. The van der Waals surface area contributed by atoms with Crippen LogP contribution in [0.2, 0.25) is 0 Å². The molecule has 2 aromatic rings. The van der Waals surface area contributed by atoms with Crippen LogP contribution in [0.3, 0.4) is 0 Å². The number of carboxylic acid groups (broad SMARTS) is 1. The van der Waals surface area contributed by atoms with Gasteiger partial charge in [-0.05, 0) is 47.5 Å². The molecular weight excluding hydrogens is 492 g/mol. The van der Waals surface area contributed by atoms with Gasteiger partial charge in [0.1, 0.15) is 6.10 Å². The van der Waals surface area contributed by atoms with Crippen LogP contribution in [-0.2, 0) is 23.9 Å². The highest BCUT2D eigenvalue weighted by atomic mass is 16.6. The number of phenolic OH excluding ortho intramolecular Hbond substituents is 4. The highest BCUT2D eigenvalue weighted by Gasteiger charge is 2.52. The van der Waals surface area contributed by atoms with Gasteiger partial charge in [-0.1, -0.05) is 12.1 Å². The van der Waals surface area contributed by atoms with Crippen LogP contribution in [0.15, 0.2) is 48.6 Å². The second kappa shape index (κ2) is 11.0. The molecule has 0 saturated heterocycles. The van der Waals surface area contributed by atoms with Gasteiger partial charge in [-0.2, -0.15) is 0 Å². The number of ether oxygens (including phenoxy) is 2. The Morgan fingerprint density at radius 2 is 1.27 bits per heavy atom. The lowest BCUT2D eigenvalue weighted by molar-refractivity contribution is -0.204. The number of benzene rings is 2. The van der Waals surface area contributed by atoms with Crippen molar-refractivity contribution in [3.8, 4) is 23.0 Å². The maximum absolute atomic E-state index is 12.4. The number of aliphatic hydroxyl groups excluding tert-OH is 1. The van der Waals surface area contributed by atoms with Crippen LogP contribution in [0, 0.1) is 0 Å². The number of aliphatic hydroxyl groups is 2. The Labute approximate surface area is 209 Å². The van der Waals surface area contributed by atoms with Gasteiger partial charge in [0.25, 0.3) is 0 Å². The van der Waals surface area contributed by atoms with E-state index < -0.39 is 66.2 Å². The number of carbonyl (C=O) groups is 3. The molecule has 0 radical (unpaired) electrons. The van der Waals surface area contributed by atoms with Crippen LogP contribution >= 0.6 is 0 Å². The summed E-state index contributed by atoms with van der Waals surface area (Å²) in [4.78, 5) is 36.3. The fraction of sp³-hybridized carbons (Fsp3) is 0.240. The van der Waals surface area contributed by atoms with Gasteiger partial charge >= 0.3 is 17.9 Å². The zero-order chi connectivity index (χ0) is 27.3. The van der Waals surface area contributed by atoms with Gasteiger partial charge in [-0.3, -0.25) is 0 Å². The number of esters is 2. The molecule has 12 nitrogen and oxygen atoms in total. The monoisotopic (exact) mass is 516 g/mol. The third-order valence-electron chi connectivity index (χ3n) is 5.57. The summed E-state index contributed by atoms with van der Waals surface area (Å²) in [7, 11) is 0. The summed E-state index contributed by atoms with van der Waals surface area (Å²) in [6.07, 6.45) is -1.86. The number of phenols is 4. The van der Waals surface area contributed by atoms with E-state index in [1.165, 1.54) is 42.5 Å². The summed E-state index contributed by atoms with van der Waals surface area (Å²) in [6.45, 7) is 0. The Balaban J connectivity index is 1.75. The molecule has 3 rings (SSSR count). The van der Waals surface area contributed by atoms with Crippen LogP contribution in [0.5, 0.6) is 23.0 Å². The molecule has 0 heterocycles. The van der Waals surface area contributed by atoms with Crippen molar-refractivity contribution in [1.29, 1.82) is 0 Å². The SMILES string of the molecule is O=C(/C=C/c1ccc(O)c(O)c1)O[C@@H]1[C@H](O)C[C@](O)(C(=O)O)C[C@@H]1OC(=O)/C=C/c1ccc(O)c(O)c1. The van der Waals surface area contributed by atoms with Crippen molar-refractivity contribution in [2.45, 2.75) is 36.8 Å². The van der Waals surface area contributed by atoms with Gasteiger partial charge in [0.05, 0.1) is 6.10 Å². The Kier molecular flexibility index (Phi) is 8.05. The molecule has 0 spiro atoms. The average molecular weight is 516 g/mol. The highest BCUT2D eigenvalue weighted by molar-refractivity contribution is 5.88. The summed E-state index contributed by atoms with van der Waals surface area (Å²) in [5.41, 5.74) is -1.82. The molecule has 0 aliphatic heterocycles. The molecule has 7 N–H and O–H groups in total. The lowest BCUT2D eigenvalue weighted by Crippen LogP contribution is -2.58. The quantitative estimate of drug-likeness (QED) is 0.156. The van der Waals surface area contributed by atoms with Gasteiger partial charge in [-0.25, -0.2) is 14.4 Å². The minimum Gasteiger partial charge on any atom is -0.504 e. The third-order valence-corrected chi connectivity index (χ3v) is 5.57. The summed E-state index contributed by atoms with van der Waals surface area (Å²) >= 11 is 0. The number of rotatable bonds is 7. The lowest BCUT2D eigenvalue weighted by Gasteiger charge is -2.40. The van der Waals surface area contributed by atoms with Crippen LogP contribution in [-0.4, -0.2) is 77.6 Å². The van der Waals surface area contributed by atoms with Crippen molar-refractivity contribution in [1.82, 2.24) is 0 Å². The third kappa shape index (κ3) is 6.78. The average Bonchev–Trinajstić information content (AvgIpc) is 2.82. The summed E-state index contributed by atoms with van der Waals surface area (Å²) in [5.74, 6) is -5.29. The van der Waals surface area contributed by atoms with Crippen molar-refractivity contribution in [2.24, 2.45) is 0 Å². The van der Waals surface area contributed by atoms with Gasteiger partial charge in [0.2, 0.25) is 0 Å². The summed E-state index contributed by atoms with van der Waals surface area (Å²) in [5, 5.41) is 68.0. The lowest BCUT2D eigenvalue weighted by atomic mass is 9.79. The van der Waals surface area contributed by atoms with Gasteiger partial charge < -0.3 is 45.2 Å². The first-order chi connectivity index (χ1) is 17.4. The molecule has 0 amide bonds. The van der Waals surface area contributed by atoms with E-state index in [9.17, 15) is 50.1 Å². The van der Waals surface area contributed by atoms with E-state index in [1.54, 1.807) is 0 Å². The van der Waals surface area contributed by atoms with E-state index in [-0.39, 0.29) is 11.5 Å². The van der Waals surface area contributed by atoms with Gasteiger partial charge in [-0.15, -0.1) is 0 Å². The second-order valence-electron chi connectivity index (χ2n) is 8.35. The summed E-state index contributed by atoms with van der Waals surface area (Å²) < 4.78 is 10.4. The van der Waals surface area contributed by atoms with Gasteiger partial charge in [0, 0.05) is 25.0 Å². The number of carboxylic acids is 1. The molecule has 0 aromatic heterocycles. The normalized spacial score (nSPS) is 23.7. The molecule has 4 atom stereocenters. The molecule has 196 valence electrons. The molecule has 0 unspecified atom stereocenters. The molecule has 1 saturated carbocycles. The van der Waals surface area contributed by atoms with E-state index >= 15 is 0 Å². The number of aromatic hydroxyl groups is 4. The second-order valence-corrected chi connectivity index (χ2v) is 8.35. The minimum absolute atomic E-state index is 0.311. The Bertz CT molecular complexity index is 1250. The Hall–Kier alpha value is -4.55. The van der Waals surface area contributed by atoms with Crippen LogP contribution in [0.4, 0.5) is 0 Å².